The van der Waals surface area contributed by atoms with Crippen LogP contribution in [0.2, 0.25) is 0 Å². The first kappa shape index (κ1) is 22.0. The number of hydrogen-bond donors (Lipinski definition) is 2. The SMILES string of the molecule is COc1cccc(Nc2cc(Oc3cc(O)c4c(=O)cc(-c5ccccc5)oc4c3)nc(C)n2)c1. The normalized spacial score (nSPS) is 10.8. The van der Waals surface area contributed by atoms with Crippen LogP contribution in [0.4, 0.5) is 11.5 Å². The molecule has 0 radical (unpaired) electrons. The highest BCUT2D eigenvalue weighted by Gasteiger charge is 2.14. The zero-order valence-corrected chi connectivity index (χ0v) is 19.0. The first-order chi connectivity index (χ1) is 17.0. The molecular weight excluding hydrogens is 446 g/mol. The number of ether oxygens (including phenoxy) is 2. The van der Waals surface area contributed by atoms with E-state index in [-0.39, 0.29) is 33.8 Å². The highest BCUT2D eigenvalue weighted by Crippen LogP contribution is 2.33. The summed E-state index contributed by atoms with van der Waals surface area (Å²) in [5, 5.41) is 13.8. The molecule has 2 N–H and O–H groups in total. The minimum atomic E-state index is -0.350. The summed E-state index contributed by atoms with van der Waals surface area (Å²) in [6.07, 6.45) is 0. The number of fused-ring (bicyclic) bond motifs is 1. The third kappa shape index (κ3) is 4.77. The average molecular weight is 467 g/mol. The molecule has 0 aliphatic carbocycles. The fraction of sp³-hybridized carbons (Fsp3) is 0.0741. The number of nitrogens with one attached hydrogen (secondary N) is 1. The van der Waals surface area contributed by atoms with Crippen molar-refractivity contribution < 1.29 is 19.0 Å². The highest BCUT2D eigenvalue weighted by molar-refractivity contribution is 5.86. The number of nitrogens with zero attached hydrogens (tertiary/aromatic N) is 2. The summed E-state index contributed by atoms with van der Waals surface area (Å²) in [7, 11) is 1.60. The van der Waals surface area contributed by atoms with Gasteiger partial charge < -0.3 is 24.3 Å². The lowest BCUT2D eigenvalue weighted by Gasteiger charge is -2.11. The number of rotatable bonds is 6. The van der Waals surface area contributed by atoms with E-state index in [2.05, 4.69) is 15.3 Å². The summed E-state index contributed by atoms with van der Waals surface area (Å²) in [5.74, 6) is 2.37. The Morgan fingerprint density at radius 1 is 0.914 bits per heavy atom. The minimum absolute atomic E-state index is 0.0799. The van der Waals surface area contributed by atoms with E-state index in [9.17, 15) is 9.90 Å². The van der Waals surface area contributed by atoms with E-state index in [1.54, 1.807) is 26.2 Å². The summed E-state index contributed by atoms with van der Waals surface area (Å²) >= 11 is 0. The van der Waals surface area contributed by atoms with E-state index in [1.165, 1.54) is 12.1 Å². The van der Waals surface area contributed by atoms with Crippen molar-refractivity contribution in [3.63, 3.8) is 0 Å². The van der Waals surface area contributed by atoms with E-state index in [0.29, 0.717) is 23.2 Å². The van der Waals surface area contributed by atoms with Crippen LogP contribution in [0.25, 0.3) is 22.3 Å². The zero-order chi connectivity index (χ0) is 24.4. The van der Waals surface area contributed by atoms with Crippen LogP contribution >= 0.6 is 0 Å². The van der Waals surface area contributed by atoms with Crippen LogP contribution in [0.3, 0.4) is 0 Å². The molecule has 5 aromatic rings. The molecule has 2 heterocycles. The van der Waals surface area contributed by atoms with E-state index >= 15 is 0 Å². The lowest BCUT2D eigenvalue weighted by molar-refractivity contribution is 0.415. The smallest absolute Gasteiger partial charge is 0.224 e. The minimum Gasteiger partial charge on any atom is -0.507 e. The van der Waals surface area contributed by atoms with Gasteiger partial charge in [0.1, 0.15) is 45.6 Å². The Morgan fingerprint density at radius 3 is 2.54 bits per heavy atom. The molecule has 0 unspecified atom stereocenters. The van der Waals surface area contributed by atoms with Crippen LogP contribution in [0.1, 0.15) is 5.82 Å². The first-order valence-electron chi connectivity index (χ1n) is 10.8. The van der Waals surface area contributed by atoms with Gasteiger partial charge in [0, 0.05) is 41.6 Å². The van der Waals surface area contributed by atoms with Gasteiger partial charge in [-0.3, -0.25) is 4.79 Å². The molecule has 8 heteroatoms. The third-order valence-corrected chi connectivity index (χ3v) is 5.22. The molecule has 0 aliphatic heterocycles. The molecule has 0 atom stereocenters. The van der Waals surface area contributed by atoms with Crippen LogP contribution in [-0.4, -0.2) is 22.2 Å². The molecule has 0 aliphatic rings. The maximum Gasteiger partial charge on any atom is 0.224 e. The number of aromatic hydroxyl groups is 1. The number of methoxy groups -OCH3 is 1. The standard InChI is InChI=1S/C27H21N3O5/c1-16-28-25(30-18-9-6-10-19(11-18)33-2)15-26(29-16)34-20-12-21(31)27-22(32)14-23(35-24(27)13-20)17-7-4-3-5-8-17/h3-15,31H,1-2H3,(H,28,29,30). The van der Waals surface area contributed by atoms with Gasteiger partial charge in [0.25, 0.3) is 0 Å². The van der Waals surface area contributed by atoms with Crippen molar-refractivity contribution >= 4 is 22.5 Å². The van der Waals surface area contributed by atoms with Crippen molar-refractivity contribution in [2.24, 2.45) is 0 Å². The summed E-state index contributed by atoms with van der Waals surface area (Å²) in [5.41, 5.74) is 1.38. The number of phenolic OH excluding ortho intramolecular Hbond substituents is 1. The molecule has 3 aromatic carbocycles. The van der Waals surface area contributed by atoms with Crippen molar-refractivity contribution in [2.75, 3.05) is 12.4 Å². The first-order valence-corrected chi connectivity index (χ1v) is 10.8. The monoisotopic (exact) mass is 467 g/mol. The fourth-order valence-electron chi connectivity index (χ4n) is 3.67. The van der Waals surface area contributed by atoms with Gasteiger partial charge in [0.05, 0.1) is 7.11 Å². The third-order valence-electron chi connectivity index (χ3n) is 5.22. The summed E-state index contributed by atoms with van der Waals surface area (Å²) < 4.78 is 17.1. The fourth-order valence-corrected chi connectivity index (χ4v) is 3.67. The predicted octanol–water partition coefficient (Wildman–Crippen LogP) is 5.81. The van der Waals surface area contributed by atoms with Crippen LogP contribution < -0.4 is 20.2 Å². The molecular formula is C27H21N3O5. The Morgan fingerprint density at radius 2 is 1.74 bits per heavy atom. The molecule has 2 aromatic heterocycles. The average Bonchev–Trinajstić information content (AvgIpc) is 2.84. The topological polar surface area (TPSA) is 107 Å². The lowest BCUT2D eigenvalue weighted by Crippen LogP contribution is -2.02. The number of aromatic nitrogens is 2. The van der Waals surface area contributed by atoms with Crippen molar-refractivity contribution in [3.05, 3.63) is 94.9 Å². The van der Waals surface area contributed by atoms with Gasteiger partial charge in [0.2, 0.25) is 5.88 Å². The number of aryl methyl sites for hydroxylation is 1. The molecule has 0 spiro atoms. The zero-order valence-electron chi connectivity index (χ0n) is 19.0. The Labute approximate surface area is 200 Å². The predicted molar refractivity (Wildman–Crippen MR) is 133 cm³/mol. The maximum absolute atomic E-state index is 12.7. The van der Waals surface area contributed by atoms with Crippen molar-refractivity contribution in [3.8, 4) is 34.5 Å². The quantitative estimate of drug-likeness (QED) is 0.322. The second kappa shape index (κ2) is 9.18. The molecule has 0 saturated carbocycles. The molecule has 5 rings (SSSR count). The maximum atomic E-state index is 12.7. The van der Waals surface area contributed by atoms with Crippen LogP contribution in [-0.2, 0) is 0 Å². The summed E-state index contributed by atoms with van der Waals surface area (Å²) in [4.78, 5) is 21.4. The van der Waals surface area contributed by atoms with Crippen LogP contribution in [0.5, 0.6) is 23.1 Å². The van der Waals surface area contributed by atoms with E-state index in [1.807, 2.05) is 54.6 Å². The molecule has 0 amide bonds. The second-order valence-electron chi connectivity index (χ2n) is 7.75. The number of hydrogen-bond acceptors (Lipinski definition) is 8. The Bertz CT molecular complexity index is 1580. The second-order valence-corrected chi connectivity index (χ2v) is 7.75. The molecule has 35 heavy (non-hydrogen) atoms. The van der Waals surface area contributed by atoms with Crippen LogP contribution in [0, 0.1) is 6.92 Å². The summed E-state index contributed by atoms with van der Waals surface area (Å²) in [6, 6.07) is 22.6. The number of phenols is 1. The van der Waals surface area contributed by atoms with Gasteiger partial charge >= 0.3 is 0 Å². The number of benzene rings is 3. The summed E-state index contributed by atoms with van der Waals surface area (Å²) in [6.45, 7) is 1.74. The van der Waals surface area contributed by atoms with Gasteiger partial charge in [-0.1, -0.05) is 36.4 Å². The van der Waals surface area contributed by atoms with Gasteiger partial charge in [-0.2, -0.15) is 4.98 Å². The van der Waals surface area contributed by atoms with Gasteiger partial charge in [-0.15, -0.1) is 0 Å². The van der Waals surface area contributed by atoms with E-state index in [0.717, 1.165) is 11.3 Å². The molecule has 0 fully saturated rings. The Hall–Kier alpha value is -4.85. The highest BCUT2D eigenvalue weighted by atomic mass is 16.5. The molecule has 0 saturated heterocycles. The molecule has 174 valence electrons. The molecule has 8 nitrogen and oxygen atoms in total. The number of anilines is 2. The van der Waals surface area contributed by atoms with E-state index in [4.69, 9.17) is 13.9 Å². The van der Waals surface area contributed by atoms with Crippen molar-refractivity contribution in [1.82, 2.24) is 9.97 Å². The Balaban J connectivity index is 1.48. The lowest BCUT2D eigenvalue weighted by atomic mass is 10.1. The van der Waals surface area contributed by atoms with Gasteiger partial charge in [-0.05, 0) is 19.1 Å². The van der Waals surface area contributed by atoms with Crippen molar-refractivity contribution in [2.45, 2.75) is 6.92 Å². The van der Waals surface area contributed by atoms with Gasteiger partial charge in [0.15, 0.2) is 5.43 Å². The molecule has 0 bridgehead atoms. The largest absolute Gasteiger partial charge is 0.507 e. The van der Waals surface area contributed by atoms with E-state index < -0.39 is 0 Å². The van der Waals surface area contributed by atoms with Gasteiger partial charge in [-0.25, -0.2) is 4.98 Å². The van der Waals surface area contributed by atoms with Crippen molar-refractivity contribution in [1.29, 1.82) is 0 Å². The Kier molecular flexibility index (Phi) is 5.76. The van der Waals surface area contributed by atoms with Crippen LogP contribution in [0.15, 0.2) is 88.1 Å².